The number of carbonyl (C=O) groups excluding carboxylic acids is 1. The second kappa shape index (κ2) is 10.5. The van der Waals surface area contributed by atoms with Crippen molar-refractivity contribution in [3.05, 3.63) is 65.0 Å². The summed E-state index contributed by atoms with van der Waals surface area (Å²) in [5, 5.41) is 0. The molecule has 2 rings (SSSR count). The number of benzene rings is 2. The molecule has 0 saturated carbocycles. The van der Waals surface area contributed by atoms with E-state index in [1.165, 1.54) is 24.3 Å². The van der Waals surface area contributed by atoms with Gasteiger partial charge in [0.15, 0.2) is 11.6 Å². The molecule has 2 aromatic rings. The molecule has 0 aliphatic heterocycles. The van der Waals surface area contributed by atoms with Crippen LogP contribution < -0.4 is 15.4 Å². The molecular weight excluding hydrogens is 443 g/mol. The molecule has 0 aliphatic carbocycles. The Kier molecular flexibility index (Phi) is 8.31. The molecule has 1 amide bonds. The van der Waals surface area contributed by atoms with Gasteiger partial charge in [-0.3, -0.25) is 9.52 Å². The fourth-order valence-electron chi connectivity index (χ4n) is 3.23. The maximum Gasteiger partial charge on any atom is 0.241 e. The second-order valence-corrected chi connectivity index (χ2v) is 9.14. The van der Waals surface area contributed by atoms with E-state index in [0.29, 0.717) is 24.2 Å². The predicted molar refractivity (Wildman–Crippen MR) is 120 cm³/mol. The van der Waals surface area contributed by atoms with Crippen LogP contribution >= 0.6 is 0 Å². The minimum Gasteiger partial charge on any atom is -0.366 e. The highest BCUT2D eigenvalue weighted by Crippen LogP contribution is 2.34. The predicted octanol–water partition coefficient (Wildman–Crippen LogP) is 4.34. The molecule has 0 unspecified atom stereocenters. The van der Waals surface area contributed by atoms with E-state index >= 15 is 0 Å². The van der Waals surface area contributed by atoms with Gasteiger partial charge in [-0.15, -0.1) is 0 Å². The third-order valence-corrected chi connectivity index (χ3v) is 5.36. The molecule has 0 aliphatic rings. The van der Waals surface area contributed by atoms with E-state index in [2.05, 4.69) is 0 Å². The van der Waals surface area contributed by atoms with Gasteiger partial charge in [0, 0.05) is 18.3 Å². The first kappa shape index (κ1) is 25.3. The zero-order chi connectivity index (χ0) is 24.1. The quantitative estimate of drug-likeness (QED) is 0.506. The maximum absolute atomic E-state index is 14.6. The number of rotatable bonds is 10. The number of hydrogen-bond acceptors (Lipinski definition) is 4. The first-order chi connectivity index (χ1) is 14.9. The van der Waals surface area contributed by atoms with Gasteiger partial charge in [-0.05, 0) is 60.9 Å². The maximum atomic E-state index is 14.6. The monoisotopic (exact) mass is 469 g/mol. The zero-order valence-corrected chi connectivity index (χ0v) is 18.8. The average molecular weight is 470 g/mol. The third kappa shape index (κ3) is 6.74. The Morgan fingerprint density at radius 1 is 1.19 bits per heavy atom. The molecule has 0 spiro atoms. The van der Waals surface area contributed by atoms with Crippen LogP contribution in [0, 0.1) is 17.5 Å². The third-order valence-electron chi connectivity index (χ3n) is 4.78. The Morgan fingerprint density at radius 3 is 2.34 bits per heavy atom. The van der Waals surface area contributed by atoms with Crippen LogP contribution in [0.5, 0.6) is 0 Å². The normalized spacial score (nSPS) is 12.7. The first-order valence-electron chi connectivity index (χ1n) is 9.93. The standard InChI is InChI=1S/C22H26F3N3O3S/c1-4-5-10-28(20-13-17(23)8-6-15(20)7-9-21(26)29)14(2)16-11-18(24)22(19(25)12-16)27-32(3,30)31/h6-9,11-14,27H,4-5,10H2,1-3H3,(H2,26,29)/b9-7+/t14-/m1/s1. The summed E-state index contributed by atoms with van der Waals surface area (Å²) in [6.45, 7) is 4.10. The zero-order valence-electron chi connectivity index (χ0n) is 18.0. The molecule has 6 nitrogen and oxygen atoms in total. The lowest BCUT2D eigenvalue weighted by Gasteiger charge is -2.33. The van der Waals surface area contributed by atoms with Gasteiger partial charge < -0.3 is 10.6 Å². The summed E-state index contributed by atoms with van der Waals surface area (Å²) in [4.78, 5) is 12.9. The molecule has 10 heteroatoms. The number of nitrogens with zero attached hydrogens (tertiary/aromatic N) is 1. The van der Waals surface area contributed by atoms with Crippen molar-refractivity contribution in [1.29, 1.82) is 0 Å². The van der Waals surface area contributed by atoms with Gasteiger partial charge in [-0.25, -0.2) is 21.6 Å². The average Bonchev–Trinajstić information content (AvgIpc) is 2.69. The number of halogens is 3. The van der Waals surface area contributed by atoms with Crippen LogP contribution in [0.4, 0.5) is 24.5 Å². The van der Waals surface area contributed by atoms with E-state index in [-0.39, 0.29) is 5.56 Å². The Morgan fingerprint density at radius 2 is 1.81 bits per heavy atom. The number of nitrogens with one attached hydrogen (secondary N) is 1. The molecule has 32 heavy (non-hydrogen) atoms. The van der Waals surface area contributed by atoms with E-state index < -0.39 is 45.1 Å². The van der Waals surface area contributed by atoms with Crippen LogP contribution in [0.15, 0.2) is 36.4 Å². The molecule has 2 aromatic carbocycles. The highest BCUT2D eigenvalue weighted by atomic mass is 32.2. The fourth-order valence-corrected chi connectivity index (χ4v) is 3.79. The number of nitrogens with two attached hydrogens (primary N) is 1. The van der Waals surface area contributed by atoms with Crippen LogP contribution in [-0.4, -0.2) is 27.1 Å². The molecule has 174 valence electrons. The Hall–Kier alpha value is -3.01. The number of amides is 1. The van der Waals surface area contributed by atoms with E-state index in [4.69, 9.17) is 5.73 Å². The molecule has 0 fully saturated rings. The van der Waals surface area contributed by atoms with Crippen LogP contribution in [-0.2, 0) is 14.8 Å². The van der Waals surface area contributed by atoms with Gasteiger partial charge in [-0.1, -0.05) is 13.3 Å². The van der Waals surface area contributed by atoms with Gasteiger partial charge in [0.05, 0.1) is 12.3 Å². The molecule has 0 aromatic heterocycles. The molecular formula is C22H26F3N3O3S. The SMILES string of the molecule is CCCCN(c1cc(F)ccc1/C=C/C(N)=O)[C@H](C)c1cc(F)c(NS(C)(=O)=O)c(F)c1. The van der Waals surface area contributed by atoms with E-state index in [1.54, 1.807) is 11.8 Å². The van der Waals surface area contributed by atoms with Gasteiger partial charge in [0.2, 0.25) is 15.9 Å². The molecule has 3 N–H and O–H groups in total. The second-order valence-electron chi connectivity index (χ2n) is 7.40. The van der Waals surface area contributed by atoms with Gasteiger partial charge in [0.1, 0.15) is 11.5 Å². The number of sulfonamides is 1. The summed E-state index contributed by atoms with van der Waals surface area (Å²) in [5.74, 6) is -3.33. The van der Waals surface area contributed by atoms with Crippen molar-refractivity contribution in [2.75, 3.05) is 22.4 Å². The minimum absolute atomic E-state index is 0.226. The highest BCUT2D eigenvalue weighted by Gasteiger charge is 2.23. The van der Waals surface area contributed by atoms with Gasteiger partial charge in [0.25, 0.3) is 0 Å². The van der Waals surface area contributed by atoms with Crippen molar-refractivity contribution in [2.45, 2.75) is 32.7 Å². The van der Waals surface area contributed by atoms with Crippen LogP contribution in [0.3, 0.4) is 0 Å². The van der Waals surface area contributed by atoms with Crippen molar-refractivity contribution in [3.63, 3.8) is 0 Å². The summed E-state index contributed by atoms with van der Waals surface area (Å²) in [6.07, 6.45) is 4.90. The number of primary amides is 1. The summed E-state index contributed by atoms with van der Waals surface area (Å²) < 4.78 is 67.8. The molecule has 0 bridgehead atoms. The van der Waals surface area contributed by atoms with Gasteiger partial charge in [-0.2, -0.15) is 0 Å². The van der Waals surface area contributed by atoms with E-state index in [9.17, 15) is 26.4 Å². The van der Waals surface area contributed by atoms with Crippen molar-refractivity contribution < 1.29 is 26.4 Å². The Labute approximate surface area is 186 Å². The number of unbranched alkanes of at least 4 members (excludes halogenated alkanes) is 1. The summed E-state index contributed by atoms with van der Waals surface area (Å²) in [6, 6.07) is 5.46. The van der Waals surface area contributed by atoms with Crippen molar-refractivity contribution in [1.82, 2.24) is 0 Å². The Balaban J connectivity index is 2.55. The van der Waals surface area contributed by atoms with E-state index in [1.807, 2.05) is 11.6 Å². The van der Waals surface area contributed by atoms with Crippen molar-refractivity contribution in [3.8, 4) is 0 Å². The topological polar surface area (TPSA) is 92.5 Å². The van der Waals surface area contributed by atoms with Crippen LogP contribution in [0.25, 0.3) is 6.08 Å². The summed E-state index contributed by atoms with van der Waals surface area (Å²) in [5.41, 5.74) is 5.56. The molecule has 0 radical (unpaired) electrons. The lowest BCUT2D eigenvalue weighted by atomic mass is 10.0. The van der Waals surface area contributed by atoms with Gasteiger partial charge >= 0.3 is 0 Å². The fraction of sp³-hybridized carbons (Fsp3) is 0.318. The lowest BCUT2D eigenvalue weighted by molar-refractivity contribution is -0.113. The molecule has 0 heterocycles. The lowest BCUT2D eigenvalue weighted by Crippen LogP contribution is -2.29. The minimum atomic E-state index is -3.88. The number of carbonyl (C=O) groups is 1. The van der Waals surface area contributed by atoms with Crippen molar-refractivity contribution >= 4 is 33.4 Å². The molecule has 0 saturated heterocycles. The largest absolute Gasteiger partial charge is 0.366 e. The Bertz CT molecular complexity index is 1100. The number of hydrogen-bond donors (Lipinski definition) is 2. The molecule has 1 atom stereocenters. The smallest absolute Gasteiger partial charge is 0.241 e. The van der Waals surface area contributed by atoms with Crippen LogP contribution in [0.2, 0.25) is 0 Å². The number of anilines is 2. The van der Waals surface area contributed by atoms with Crippen LogP contribution in [0.1, 0.15) is 43.9 Å². The summed E-state index contributed by atoms with van der Waals surface area (Å²) in [7, 11) is -3.88. The van der Waals surface area contributed by atoms with E-state index in [0.717, 1.165) is 30.9 Å². The highest BCUT2D eigenvalue weighted by molar-refractivity contribution is 7.92. The van der Waals surface area contributed by atoms with Crippen molar-refractivity contribution in [2.24, 2.45) is 5.73 Å². The first-order valence-corrected chi connectivity index (χ1v) is 11.8. The summed E-state index contributed by atoms with van der Waals surface area (Å²) >= 11 is 0.